The van der Waals surface area contributed by atoms with Gasteiger partial charge in [-0.1, -0.05) is 54.1 Å². The molecule has 0 saturated heterocycles. The molecule has 0 atom stereocenters. The fourth-order valence-corrected chi connectivity index (χ4v) is 2.95. The summed E-state index contributed by atoms with van der Waals surface area (Å²) in [6.45, 7) is 2.70. The first-order valence-corrected chi connectivity index (χ1v) is 9.23. The van der Waals surface area contributed by atoms with E-state index in [0.717, 1.165) is 18.4 Å². The molecule has 0 spiro atoms. The Morgan fingerprint density at radius 3 is 2.42 bits per heavy atom. The third-order valence-corrected chi connectivity index (χ3v) is 4.38. The monoisotopic (exact) mass is 372 g/mol. The Kier molecular flexibility index (Phi) is 8.16. The lowest BCUT2D eigenvalue weighted by molar-refractivity contribution is -0.134. The zero-order valence-electron chi connectivity index (χ0n) is 15.1. The zero-order chi connectivity index (χ0) is 18.8. The maximum atomic E-state index is 12.1. The van der Waals surface area contributed by atoms with Crippen LogP contribution < -0.4 is 5.32 Å². The molecule has 0 aromatic heterocycles. The van der Waals surface area contributed by atoms with E-state index in [4.69, 9.17) is 11.6 Å². The van der Waals surface area contributed by atoms with E-state index in [1.807, 2.05) is 42.5 Å². The summed E-state index contributed by atoms with van der Waals surface area (Å²) in [6, 6.07) is 17.7. The van der Waals surface area contributed by atoms with Gasteiger partial charge in [0.2, 0.25) is 11.8 Å². The van der Waals surface area contributed by atoms with E-state index in [9.17, 15) is 9.59 Å². The van der Waals surface area contributed by atoms with Crippen LogP contribution in [0.3, 0.4) is 0 Å². The predicted octanol–water partition coefficient (Wildman–Crippen LogP) is 3.48. The molecular weight excluding hydrogens is 348 g/mol. The Morgan fingerprint density at radius 2 is 1.73 bits per heavy atom. The molecule has 0 aliphatic rings. The normalized spacial score (nSPS) is 10.4. The minimum absolute atomic E-state index is 0.0805. The smallest absolute Gasteiger partial charge is 0.239 e. The largest absolute Gasteiger partial charge is 0.354 e. The summed E-state index contributed by atoms with van der Waals surface area (Å²) in [5.41, 5.74) is 2.31. The lowest BCUT2D eigenvalue weighted by Crippen LogP contribution is -2.40. The summed E-state index contributed by atoms with van der Waals surface area (Å²) >= 11 is 5.95. The van der Waals surface area contributed by atoms with Crippen molar-refractivity contribution in [3.05, 3.63) is 70.7 Å². The Balaban J connectivity index is 1.72. The van der Waals surface area contributed by atoms with Crippen LogP contribution in [0, 0.1) is 0 Å². The first-order valence-electron chi connectivity index (χ1n) is 8.85. The van der Waals surface area contributed by atoms with Gasteiger partial charge in [0.25, 0.3) is 0 Å². The Morgan fingerprint density at radius 1 is 1.00 bits per heavy atom. The average Bonchev–Trinajstić information content (AvgIpc) is 2.62. The van der Waals surface area contributed by atoms with Crippen LogP contribution in [0.4, 0.5) is 0 Å². The summed E-state index contributed by atoms with van der Waals surface area (Å²) in [7, 11) is 0. The topological polar surface area (TPSA) is 49.4 Å². The molecule has 0 fully saturated rings. The van der Waals surface area contributed by atoms with Gasteiger partial charge in [0.1, 0.15) is 0 Å². The molecule has 0 bridgehead atoms. The Bertz CT molecular complexity index is 719. The number of hydrogen-bond donors (Lipinski definition) is 1. The second kappa shape index (κ2) is 10.6. The van der Waals surface area contributed by atoms with E-state index in [1.165, 1.54) is 12.5 Å². The molecule has 26 heavy (non-hydrogen) atoms. The summed E-state index contributed by atoms with van der Waals surface area (Å²) in [4.78, 5) is 25.5. The van der Waals surface area contributed by atoms with Crippen molar-refractivity contribution in [1.82, 2.24) is 10.2 Å². The van der Waals surface area contributed by atoms with Crippen LogP contribution in [0.15, 0.2) is 54.6 Å². The molecule has 0 radical (unpaired) electrons. The van der Waals surface area contributed by atoms with Gasteiger partial charge in [0.05, 0.1) is 6.54 Å². The molecule has 2 rings (SSSR count). The van der Waals surface area contributed by atoms with E-state index in [1.54, 1.807) is 4.90 Å². The van der Waals surface area contributed by atoms with Crippen LogP contribution in [0.2, 0.25) is 5.02 Å². The molecule has 0 aliphatic carbocycles. The van der Waals surface area contributed by atoms with Crippen molar-refractivity contribution < 1.29 is 9.59 Å². The summed E-state index contributed by atoms with van der Waals surface area (Å²) in [6.07, 6.45) is 2.43. The molecule has 4 nitrogen and oxygen atoms in total. The van der Waals surface area contributed by atoms with Gasteiger partial charge >= 0.3 is 0 Å². The average molecular weight is 373 g/mol. The van der Waals surface area contributed by atoms with Crippen LogP contribution in [0.5, 0.6) is 0 Å². The third kappa shape index (κ3) is 7.28. The number of nitrogens with zero attached hydrogens (tertiary/aromatic N) is 1. The van der Waals surface area contributed by atoms with Crippen LogP contribution in [-0.2, 0) is 22.4 Å². The van der Waals surface area contributed by atoms with Gasteiger partial charge in [-0.3, -0.25) is 9.59 Å². The second-order valence-electron chi connectivity index (χ2n) is 6.26. The number of nitrogens with one attached hydrogen (secondary N) is 1. The van der Waals surface area contributed by atoms with Crippen molar-refractivity contribution in [2.24, 2.45) is 0 Å². The fourth-order valence-electron chi connectivity index (χ4n) is 2.73. The molecule has 2 aromatic carbocycles. The van der Waals surface area contributed by atoms with Crippen molar-refractivity contribution >= 4 is 23.4 Å². The lowest BCUT2D eigenvalue weighted by Gasteiger charge is -2.20. The van der Waals surface area contributed by atoms with Gasteiger partial charge in [-0.2, -0.15) is 0 Å². The maximum Gasteiger partial charge on any atom is 0.239 e. The molecule has 1 N–H and O–H groups in total. The minimum Gasteiger partial charge on any atom is -0.354 e. The van der Waals surface area contributed by atoms with Crippen LogP contribution >= 0.6 is 11.6 Å². The van der Waals surface area contributed by atoms with E-state index in [0.29, 0.717) is 24.5 Å². The summed E-state index contributed by atoms with van der Waals surface area (Å²) < 4.78 is 0. The molecular formula is C21H25ClN2O2. The summed E-state index contributed by atoms with van der Waals surface area (Å²) in [5.74, 6) is -0.218. The number of halogens is 1. The van der Waals surface area contributed by atoms with Gasteiger partial charge in [0, 0.05) is 25.0 Å². The number of carbonyl (C=O) groups is 2. The highest BCUT2D eigenvalue weighted by Gasteiger charge is 2.13. The van der Waals surface area contributed by atoms with E-state index in [-0.39, 0.29) is 18.4 Å². The highest BCUT2D eigenvalue weighted by Crippen LogP contribution is 2.10. The van der Waals surface area contributed by atoms with Gasteiger partial charge in [-0.05, 0) is 42.5 Å². The van der Waals surface area contributed by atoms with Crippen molar-refractivity contribution in [3.63, 3.8) is 0 Å². The molecule has 5 heteroatoms. The second-order valence-corrected chi connectivity index (χ2v) is 6.70. The first-order chi connectivity index (χ1) is 12.5. The molecule has 138 valence electrons. The predicted molar refractivity (Wildman–Crippen MR) is 105 cm³/mol. The molecule has 0 unspecified atom stereocenters. The van der Waals surface area contributed by atoms with Crippen molar-refractivity contribution in [2.75, 3.05) is 19.6 Å². The molecule has 0 aliphatic heterocycles. The van der Waals surface area contributed by atoms with Gasteiger partial charge in [-0.25, -0.2) is 0 Å². The zero-order valence-corrected chi connectivity index (χ0v) is 15.8. The van der Waals surface area contributed by atoms with E-state index >= 15 is 0 Å². The Labute approximate surface area is 160 Å². The van der Waals surface area contributed by atoms with Gasteiger partial charge < -0.3 is 10.2 Å². The quantitative estimate of drug-likeness (QED) is 0.732. The van der Waals surface area contributed by atoms with Gasteiger partial charge in [0.15, 0.2) is 0 Å². The van der Waals surface area contributed by atoms with Crippen molar-refractivity contribution in [1.29, 1.82) is 0 Å². The SMILES string of the molecule is CC(=O)N(CCCc1ccccc1)CC(=O)NCCc1cccc(Cl)c1. The molecule has 2 aromatic rings. The number of amides is 2. The molecule has 2 amide bonds. The van der Waals surface area contributed by atoms with E-state index in [2.05, 4.69) is 17.4 Å². The third-order valence-electron chi connectivity index (χ3n) is 4.14. The maximum absolute atomic E-state index is 12.1. The first kappa shape index (κ1) is 20.0. The number of carbonyl (C=O) groups excluding carboxylic acids is 2. The Hall–Kier alpha value is -2.33. The highest BCUT2D eigenvalue weighted by molar-refractivity contribution is 6.30. The number of aryl methyl sites for hydroxylation is 1. The molecule has 0 heterocycles. The number of hydrogen-bond acceptors (Lipinski definition) is 2. The highest BCUT2D eigenvalue weighted by atomic mass is 35.5. The van der Waals surface area contributed by atoms with Gasteiger partial charge in [-0.15, -0.1) is 0 Å². The fraction of sp³-hybridized carbons (Fsp3) is 0.333. The number of benzene rings is 2. The van der Waals surface area contributed by atoms with Crippen LogP contribution in [-0.4, -0.2) is 36.3 Å². The molecule has 0 saturated carbocycles. The summed E-state index contributed by atoms with van der Waals surface area (Å²) in [5, 5.41) is 3.56. The van der Waals surface area contributed by atoms with Crippen LogP contribution in [0.25, 0.3) is 0 Å². The van der Waals surface area contributed by atoms with Crippen LogP contribution in [0.1, 0.15) is 24.5 Å². The number of rotatable bonds is 9. The minimum atomic E-state index is -0.137. The van der Waals surface area contributed by atoms with Crippen molar-refractivity contribution in [2.45, 2.75) is 26.2 Å². The lowest BCUT2D eigenvalue weighted by atomic mass is 10.1. The van der Waals surface area contributed by atoms with Crippen molar-refractivity contribution in [3.8, 4) is 0 Å². The van der Waals surface area contributed by atoms with E-state index < -0.39 is 0 Å². The standard InChI is InChI=1S/C21H25ClN2O2/c1-17(25)24(14-6-10-18-7-3-2-4-8-18)16-21(26)23-13-12-19-9-5-11-20(22)15-19/h2-5,7-9,11,15H,6,10,12-14,16H2,1H3,(H,23,26).